The second-order valence-electron chi connectivity index (χ2n) is 3.13. The summed E-state index contributed by atoms with van der Waals surface area (Å²) in [6, 6.07) is 1.74. The van der Waals surface area contributed by atoms with Crippen LogP contribution in [-0.4, -0.2) is 23.9 Å². The molecule has 13 heavy (non-hydrogen) atoms. The predicted octanol–water partition coefficient (Wildman–Crippen LogP) is 2.64. The number of hydrogen-bond acceptors (Lipinski definition) is 2. The lowest BCUT2D eigenvalue weighted by atomic mass is 10.4. The van der Waals surface area contributed by atoms with Gasteiger partial charge in [-0.1, -0.05) is 11.6 Å². The van der Waals surface area contributed by atoms with Gasteiger partial charge in [-0.2, -0.15) is 0 Å². The number of hydrogen-bond donors (Lipinski definition) is 0. The molecule has 0 atom stereocenters. The van der Waals surface area contributed by atoms with Crippen LogP contribution in [0.15, 0.2) is 11.4 Å². The first-order chi connectivity index (χ1) is 6.27. The molecule has 0 bridgehead atoms. The highest BCUT2D eigenvalue weighted by atomic mass is 35.5. The number of nitrogens with zero attached hydrogens (tertiary/aromatic N) is 1. The molecule has 1 aliphatic rings. The largest absolute Gasteiger partial charge is 0.338 e. The Morgan fingerprint density at radius 3 is 2.69 bits per heavy atom. The van der Waals surface area contributed by atoms with E-state index >= 15 is 0 Å². The molecule has 0 aliphatic carbocycles. The van der Waals surface area contributed by atoms with Gasteiger partial charge in [0.2, 0.25) is 0 Å². The van der Waals surface area contributed by atoms with Crippen LogP contribution in [0, 0.1) is 0 Å². The van der Waals surface area contributed by atoms with Gasteiger partial charge >= 0.3 is 0 Å². The van der Waals surface area contributed by atoms with Gasteiger partial charge in [-0.3, -0.25) is 4.79 Å². The summed E-state index contributed by atoms with van der Waals surface area (Å²) in [6.45, 7) is 1.79. The Balaban J connectivity index is 2.12. The van der Waals surface area contributed by atoms with Gasteiger partial charge in [0.1, 0.15) is 0 Å². The van der Waals surface area contributed by atoms with Gasteiger partial charge in [0.25, 0.3) is 5.91 Å². The molecule has 0 N–H and O–H groups in total. The minimum absolute atomic E-state index is 0.134. The van der Waals surface area contributed by atoms with E-state index < -0.39 is 0 Å². The highest BCUT2D eigenvalue weighted by molar-refractivity contribution is 7.12. The minimum atomic E-state index is 0.134. The Labute approximate surface area is 86.1 Å². The van der Waals surface area contributed by atoms with E-state index in [4.69, 9.17) is 11.6 Å². The average molecular weight is 216 g/mol. The van der Waals surface area contributed by atoms with Crippen molar-refractivity contribution in [2.24, 2.45) is 0 Å². The van der Waals surface area contributed by atoms with E-state index in [0.29, 0.717) is 5.02 Å². The van der Waals surface area contributed by atoms with Gasteiger partial charge in [-0.05, 0) is 18.9 Å². The number of likely N-dealkylation sites (tertiary alicyclic amines) is 1. The maximum atomic E-state index is 11.7. The van der Waals surface area contributed by atoms with E-state index in [1.807, 2.05) is 4.90 Å². The third-order valence-electron chi connectivity index (χ3n) is 2.17. The van der Waals surface area contributed by atoms with Crippen molar-refractivity contribution in [1.29, 1.82) is 0 Å². The molecule has 0 aromatic carbocycles. The van der Waals surface area contributed by atoms with Gasteiger partial charge in [0.05, 0.1) is 9.90 Å². The van der Waals surface area contributed by atoms with Gasteiger partial charge in [-0.25, -0.2) is 0 Å². The summed E-state index contributed by atoms with van der Waals surface area (Å²) in [5, 5.41) is 2.46. The molecular weight excluding hydrogens is 206 g/mol. The summed E-state index contributed by atoms with van der Waals surface area (Å²) in [5.41, 5.74) is 0. The summed E-state index contributed by atoms with van der Waals surface area (Å²) < 4.78 is 0. The molecule has 1 aromatic heterocycles. The van der Waals surface area contributed by atoms with Crippen molar-refractivity contribution in [3.8, 4) is 0 Å². The van der Waals surface area contributed by atoms with Crippen LogP contribution in [0.25, 0.3) is 0 Å². The van der Waals surface area contributed by atoms with Crippen LogP contribution in [0.1, 0.15) is 22.5 Å². The number of carbonyl (C=O) groups excluding carboxylic acids is 1. The lowest BCUT2D eigenvalue weighted by Gasteiger charge is -2.13. The van der Waals surface area contributed by atoms with Crippen LogP contribution in [0.2, 0.25) is 5.02 Å². The monoisotopic (exact) mass is 215 g/mol. The first-order valence-electron chi connectivity index (χ1n) is 4.31. The van der Waals surface area contributed by atoms with E-state index in [-0.39, 0.29) is 5.91 Å². The lowest BCUT2D eigenvalue weighted by Crippen LogP contribution is -2.26. The second-order valence-corrected chi connectivity index (χ2v) is 4.48. The zero-order valence-corrected chi connectivity index (χ0v) is 8.70. The van der Waals surface area contributed by atoms with Crippen molar-refractivity contribution in [2.45, 2.75) is 12.8 Å². The average Bonchev–Trinajstić information content (AvgIpc) is 2.72. The highest BCUT2D eigenvalue weighted by Crippen LogP contribution is 2.22. The van der Waals surface area contributed by atoms with Gasteiger partial charge in [0.15, 0.2) is 0 Å². The molecule has 2 heterocycles. The number of carbonyl (C=O) groups is 1. The smallest absolute Gasteiger partial charge is 0.263 e. The molecule has 0 unspecified atom stereocenters. The normalized spacial score (nSPS) is 16.5. The maximum Gasteiger partial charge on any atom is 0.263 e. The molecule has 2 rings (SSSR count). The summed E-state index contributed by atoms with van der Waals surface area (Å²) >= 11 is 7.17. The molecule has 0 spiro atoms. The van der Waals surface area contributed by atoms with E-state index in [0.717, 1.165) is 30.8 Å². The molecule has 1 aromatic rings. The molecule has 1 aliphatic heterocycles. The molecule has 2 nitrogen and oxygen atoms in total. The van der Waals surface area contributed by atoms with Crippen molar-refractivity contribution in [2.75, 3.05) is 13.1 Å². The van der Waals surface area contributed by atoms with Gasteiger partial charge in [0, 0.05) is 18.5 Å². The van der Waals surface area contributed by atoms with Crippen LogP contribution < -0.4 is 0 Å². The molecule has 4 heteroatoms. The minimum Gasteiger partial charge on any atom is -0.338 e. The number of amides is 1. The van der Waals surface area contributed by atoms with Crippen LogP contribution in [0.5, 0.6) is 0 Å². The first-order valence-corrected chi connectivity index (χ1v) is 5.56. The SMILES string of the molecule is O=C(c1cc(Cl)cs1)N1CCCC1. The Bertz CT molecular complexity index is 317. The van der Waals surface area contributed by atoms with E-state index in [2.05, 4.69) is 0 Å². The predicted molar refractivity (Wildman–Crippen MR) is 54.5 cm³/mol. The molecule has 0 radical (unpaired) electrons. The fourth-order valence-corrected chi connectivity index (χ4v) is 2.54. The van der Waals surface area contributed by atoms with Crippen molar-refractivity contribution >= 4 is 28.8 Å². The van der Waals surface area contributed by atoms with Gasteiger partial charge in [-0.15, -0.1) is 11.3 Å². The summed E-state index contributed by atoms with van der Waals surface area (Å²) in [4.78, 5) is 14.4. The zero-order valence-electron chi connectivity index (χ0n) is 7.12. The molecular formula is C9H10ClNOS. The van der Waals surface area contributed by atoms with E-state index in [9.17, 15) is 4.79 Å². The molecule has 70 valence electrons. The fourth-order valence-electron chi connectivity index (χ4n) is 1.50. The molecule has 0 saturated carbocycles. The lowest BCUT2D eigenvalue weighted by molar-refractivity contribution is 0.0797. The topological polar surface area (TPSA) is 20.3 Å². The molecule has 1 amide bonds. The number of thiophene rings is 1. The van der Waals surface area contributed by atoms with Gasteiger partial charge < -0.3 is 4.90 Å². The Morgan fingerprint density at radius 1 is 1.46 bits per heavy atom. The Hall–Kier alpha value is -0.540. The van der Waals surface area contributed by atoms with Crippen LogP contribution in [-0.2, 0) is 0 Å². The van der Waals surface area contributed by atoms with E-state index in [1.54, 1.807) is 11.4 Å². The summed E-state index contributed by atoms with van der Waals surface area (Å²) in [7, 11) is 0. The fraction of sp³-hybridized carbons (Fsp3) is 0.444. The maximum absolute atomic E-state index is 11.7. The quantitative estimate of drug-likeness (QED) is 0.706. The Morgan fingerprint density at radius 2 is 2.15 bits per heavy atom. The number of rotatable bonds is 1. The van der Waals surface area contributed by atoms with Crippen molar-refractivity contribution in [1.82, 2.24) is 4.90 Å². The van der Waals surface area contributed by atoms with Crippen molar-refractivity contribution in [3.63, 3.8) is 0 Å². The molecule has 1 fully saturated rings. The zero-order chi connectivity index (χ0) is 9.26. The second kappa shape index (κ2) is 3.68. The third-order valence-corrected chi connectivity index (χ3v) is 3.44. The van der Waals surface area contributed by atoms with Crippen LogP contribution in [0.3, 0.4) is 0 Å². The standard InChI is InChI=1S/C9H10ClNOS/c10-7-5-8(13-6-7)9(12)11-3-1-2-4-11/h5-6H,1-4H2. The van der Waals surface area contributed by atoms with Crippen LogP contribution in [0.4, 0.5) is 0 Å². The Kier molecular flexibility index (Phi) is 2.56. The van der Waals surface area contributed by atoms with Crippen LogP contribution >= 0.6 is 22.9 Å². The highest BCUT2D eigenvalue weighted by Gasteiger charge is 2.20. The first kappa shape index (κ1) is 9.03. The van der Waals surface area contributed by atoms with Crippen molar-refractivity contribution in [3.05, 3.63) is 21.3 Å². The third kappa shape index (κ3) is 1.86. The molecule has 1 saturated heterocycles. The van der Waals surface area contributed by atoms with E-state index in [1.165, 1.54) is 11.3 Å². The summed E-state index contributed by atoms with van der Waals surface area (Å²) in [5.74, 6) is 0.134. The number of halogens is 1. The van der Waals surface area contributed by atoms with Crippen molar-refractivity contribution < 1.29 is 4.79 Å². The summed E-state index contributed by atoms with van der Waals surface area (Å²) in [6.07, 6.45) is 2.26.